The number of halogens is 7. The Labute approximate surface area is 71.3 Å². The smallest absolute Gasteiger partial charge is 0.417 e. The van der Waals surface area contributed by atoms with Gasteiger partial charge < -0.3 is 5.11 Å². The predicted octanol–water partition coefficient (Wildman–Crippen LogP) is 1.90. The van der Waals surface area contributed by atoms with Crippen molar-refractivity contribution in [3.8, 4) is 0 Å². The van der Waals surface area contributed by atoms with E-state index in [0.29, 0.717) is 0 Å². The number of aliphatic carboxylic acids is 1. The van der Waals surface area contributed by atoms with Crippen molar-refractivity contribution in [3.05, 3.63) is 0 Å². The van der Waals surface area contributed by atoms with E-state index in [2.05, 4.69) is 0 Å². The Hall–Kier alpha value is -1.02. The summed E-state index contributed by atoms with van der Waals surface area (Å²) in [7, 11) is 0. The third-order valence-corrected chi connectivity index (χ3v) is 2.02. The zero-order valence-electron chi connectivity index (χ0n) is 6.00. The summed E-state index contributed by atoms with van der Waals surface area (Å²) in [5.41, 5.74) is -5.27. The average molecular weight is 226 g/mol. The molecule has 0 heterocycles. The van der Waals surface area contributed by atoms with Gasteiger partial charge in [0.25, 0.3) is 5.41 Å². The summed E-state index contributed by atoms with van der Waals surface area (Å²) in [6.07, 6.45) is -6.20. The summed E-state index contributed by atoms with van der Waals surface area (Å²) in [6.45, 7) is 0. The number of carboxylic acids is 1. The van der Waals surface area contributed by atoms with Crippen molar-refractivity contribution in [3.63, 3.8) is 0 Å². The van der Waals surface area contributed by atoms with E-state index < -0.39 is 29.4 Å². The summed E-state index contributed by atoms with van der Waals surface area (Å²) in [5.74, 6) is -14.5. The van der Waals surface area contributed by atoms with Crippen LogP contribution in [0.25, 0.3) is 0 Å². The lowest BCUT2D eigenvalue weighted by Gasteiger charge is -2.13. The first-order valence-electron chi connectivity index (χ1n) is 3.00. The van der Waals surface area contributed by atoms with Crippen LogP contribution in [-0.2, 0) is 4.79 Å². The van der Waals surface area contributed by atoms with E-state index in [4.69, 9.17) is 5.11 Å². The van der Waals surface area contributed by atoms with Crippen LogP contribution in [0.3, 0.4) is 0 Å². The van der Waals surface area contributed by atoms with Gasteiger partial charge in [0.15, 0.2) is 0 Å². The highest BCUT2D eigenvalue weighted by molar-refractivity contribution is 5.84. The highest BCUT2D eigenvalue weighted by atomic mass is 19.4. The lowest BCUT2D eigenvalue weighted by Crippen LogP contribution is -2.40. The van der Waals surface area contributed by atoms with Gasteiger partial charge in [-0.05, 0) is 0 Å². The second kappa shape index (κ2) is 2.14. The monoisotopic (exact) mass is 226 g/mol. The number of carboxylic acid groups (broad SMARTS) is 1. The molecule has 0 aromatic carbocycles. The molecule has 0 aromatic heterocycles. The summed E-state index contributed by atoms with van der Waals surface area (Å²) in [5, 5.41) is 7.83. The van der Waals surface area contributed by atoms with Crippen molar-refractivity contribution in [2.75, 3.05) is 0 Å². The minimum atomic E-state index is -6.20. The molecule has 0 radical (unpaired) electrons. The maximum absolute atomic E-state index is 12.1. The Balaban J connectivity index is 3.35. The second-order valence-corrected chi connectivity index (χ2v) is 2.70. The van der Waals surface area contributed by atoms with Crippen LogP contribution in [0.15, 0.2) is 0 Å². The Morgan fingerprint density at radius 2 is 1.29 bits per heavy atom. The van der Waals surface area contributed by atoms with Gasteiger partial charge >= 0.3 is 24.0 Å². The number of carbonyl (C=O) groups is 1. The molecule has 0 spiro atoms. The molecule has 1 saturated carbocycles. The van der Waals surface area contributed by atoms with Crippen LogP contribution >= 0.6 is 0 Å². The molecule has 0 atom stereocenters. The number of hydrogen-bond donors (Lipinski definition) is 1. The maximum atomic E-state index is 12.1. The second-order valence-electron chi connectivity index (χ2n) is 2.70. The normalized spacial score (nSPS) is 27.1. The van der Waals surface area contributed by atoms with Crippen molar-refractivity contribution in [1.29, 1.82) is 0 Å². The summed E-state index contributed by atoms with van der Waals surface area (Å²) < 4.78 is 83.9. The fourth-order valence-electron chi connectivity index (χ4n) is 1.16. The van der Waals surface area contributed by atoms with Crippen molar-refractivity contribution >= 4 is 5.97 Å². The fraction of sp³-hybridized carbons (Fsp3) is 0.800. The molecule has 0 aliphatic heterocycles. The molecular formula is C5HF7O2. The molecule has 0 amide bonds. The van der Waals surface area contributed by atoms with Crippen LogP contribution in [0.5, 0.6) is 0 Å². The predicted molar refractivity (Wildman–Crippen MR) is 26.0 cm³/mol. The third-order valence-electron chi connectivity index (χ3n) is 2.02. The lowest BCUT2D eigenvalue weighted by atomic mass is 10.1. The van der Waals surface area contributed by atoms with E-state index in [9.17, 15) is 35.5 Å². The van der Waals surface area contributed by atoms with Gasteiger partial charge in [0.2, 0.25) is 0 Å². The molecule has 9 heteroatoms. The maximum Gasteiger partial charge on any atom is 0.417 e. The molecule has 1 rings (SSSR count). The minimum absolute atomic E-state index is 3.28. The van der Waals surface area contributed by atoms with Gasteiger partial charge in [-0.2, -0.15) is 30.7 Å². The van der Waals surface area contributed by atoms with Crippen LogP contribution in [0, 0.1) is 5.41 Å². The zero-order chi connectivity index (χ0) is 11.6. The summed E-state index contributed by atoms with van der Waals surface area (Å²) >= 11 is 0. The molecule has 1 aliphatic rings. The van der Waals surface area contributed by atoms with Crippen molar-refractivity contribution in [2.45, 2.75) is 18.0 Å². The van der Waals surface area contributed by atoms with Crippen LogP contribution in [0.1, 0.15) is 0 Å². The molecule has 82 valence electrons. The molecule has 1 N–H and O–H groups in total. The van der Waals surface area contributed by atoms with Gasteiger partial charge in [0, 0.05) is 0 Å². The molecule has 14 heavy (non-hydrogen) atoms. The lowest BCUT2D eigenvalue weighted by molar-refractivity contribution is -0.228. The van der Waals surface area contributed by atoms with Gasteiger partial charge in [-0.3, -0.25) is 4.79 Å². The van der Waals surface area contributed by atoms with Gasteiger partial charge in [0.05, 0.1) is 0 Å². The van der Waals surface area contributed by atoms with Gasteiger partial charge in [-0.1, -0.05) is 0 Å². The van der Waals surface area contributed by atoms with Crippen molar-refractivity contribution < 1.29 is 40.6 Å². The van der Waals surface area contributed by atoms with E-state index in [1.165, 1.54) is 0 Å². The van der Waals surface area contributed by atoms with Gasteiger partial charge in [-0.25, -0.2) is 0 Å². The molecule has 1 aliphatic carbocycles. The highest BCUT2D eigenvalue weighted by Crippen LogP contribution is 2.77. The molecular weight excluding hydrogens is 225 g/mol. The topological polar surface area (TPSA) is 37.3 Å². The number of hydrogen-bond acceptors (Lipinski definition) is 1. The van der Waals surface area contributed by atoms with Gasteiger partial charge in [0.1, 0.15) is 0 Å². The molecule has 0 aromatic rings. The van der Waals surface area contributed by atoms with Crippen LogP contribution in [0.2, 0.25) is 0 Å². The summed E-state index contributed by atoms with van der Waals surface area (Å²) in [6, 6.07) is 0. The van der Waals surface area contributed by atoms with Gasteiger partial charge in [-0.15, -0.1) is 0 Å². The fourth-order valence-corrected chi connectivity index (χ4v) is 1.16. The minimum Gasteiger partial charge on any atom is -0.480 e. The van der Waals surface area contributed by atoms with Crippen LogP contribution in [-0.4, -0.2) is 29.1 Å². The summed E-state index contributed by atoms with van der Waals surface area (Å²) in [4.78, 5) is 9.88. The van der Waals surface area contributed by atoms with Crippen molar-refractivity contribution in [1.82, 2.24) is 0 Å². The van der Waals surface area contributed by atoms with Crippen molar-refractivity contribution in [2.24, 2.45) is 5.41 Å². The zero-order valence-corrected chi connectivity index (χ0v) is 6.00. The molecule has 1 fully saturated rings. The van der Waals surface area contributed by atoms with E-state index in [-0.39, 0.29) is 0 Å². The Morgan fingerprint density at radius 3 is 1.29 bits per heavy atom. The standard InChI is InChI=1S/C5HF7O2/c6-3(7)2(1(13)14,4(3,8)9)5(10,11)12/h(H,13,14). The van der Waals surface area contributed by atoms with E-state index >= 15 is 0 Å². The average Bonchev–Trinajstić information content (AvgIpc) is 2.16. The Morgan fingerprint density at radius 1 is 1.00 bits per heavy atom. The van der Waals surface area contributed by atoms with Crippen LogP contribution < -0.4 is 0 Å². The highest BCUT2D eigenvalue weighted by Gasteiger charge is 3.09. The molecule has 0 bridgehead atoms. The number of rotatable bonds is 1. The first-order chi connectivity index (χ1) is 5.94. The van der Waals surface area contributed by atoms with E-state index in [1.807, 2.05) is 0 Å². The first kappa shape index (κ1) is 11.1. The van der Waals surface area contributed by atoms with Crippen LogP contribution in [0.4, 0.5) is 30.7 Å². The third kappa shape index (κ3) is 0.720. The Bertz CT molecular complexity index is 277. The molecule has 2 nitrogen and oxygen atoms in total. The molecule has 0 unspecified atom stereocenters. The quantitative estimate of drug-likeness (QED) is 0.693. The largest absolute Gasteiger partial charge is 0.480 e. The Kier molecular flexibility index (Phi) is 1.69. The molecule has 0 saturated heterocycles. The SMILES string of the molecule is O=C(O)C1(C(F)(F)F)C(F)(F)C1(F)F. The van der Waals surface area contributed by atoms with E-state index in [0.717, 1.165) is 0 Å². The first-order valence-corrected chi connectivity index (χ1v) is 3.00. The number of alkyl halides is 7. The van der Waals surface area contributed by atoms with E-state index in [1.54, 1.807) is 0 Å².